The molecule has 0 radical (unpaired) electrons. The molecule has 0 saturated carbocycles. The maximum atomic E-state index is 13.1. The van der Waals surface area contributed by atoms with Crippen molar-refractivity contribution in [1.29, 1.82) is 0 Å². The van der Waals surface area contributed by atoms with Gasteiger partial charge in [0.25, 0.3) is 5.91 Å². The van der Waals surface area contributed by atoms with Gasteiger partial charge < -0.3 is 0 Å². The van der Waals surface area contributed by atoms with E-state index in [2.05, 4.69) is 9.98 Å². The van der Waals surface area contributed by atoms with Gasteiger partial charge in [0.2, 0.25) is 0 Å². The van der Waals surface area contributed by atoms with E-state index >= 15 is 0 Å². The van der Waals surface area contributed by atoms with Crippen molar-refractivity contribution in [3.63, 3.8) is 0 Å². The largest absolute Gasteiger partial charge is 0.282 e. The van der Waals surface area contributed by atoms with Crippen molar-refractivity contribution >= 4 is 35.1 Å². The van der Waals surface area contributed by atoms with Gasteiger partial charge in [-0.15, -0.1) is 0 Å². The van der Waals surface area contributed by atoms with E-state index in [-0.39, 0.29) is 5.91 Å². The number of pyridine rings is 1. The fourth-order valence-corrected chi connectivity index (χ4v) is 2.87. The third kappa shape index (κ3) is 3.15. The fourth-order valence-electron chi connectivity index (χ4n) is 2.74. The Morgan fingerprint density at radius 2 is 1.58 bits per heavy atom. The van der Waals surface area contributed by atoms with Crippen LogP contribution in [0.1, 0.15) is 11.1 Å². The van der Waals surface area contributed by atoms with E-state index in [0.717, 1.165) is 16.8 Å². The Morgan fingerprint density at radius 1 is 0.885 bits per heavy atom. The summed E-state index contributed by atoms with van der Waals surface area (Å²) in [5.74, 6) is 0.418. The molecule has 2 aromatic carbocycles. The standard InChI is InChI=1S/C21H14ClN3O/c22-17-6-8-18(9-7-17)25-20(16-4-2-1-3-5-16)24-19(21(25)26)14-15-10-12-23-13-11-15/h1-14H/b19-14+. The highest BCUT2D eigenvalue weighted by Crippen LogP contribution is 2.28. The maximum absolute atomic E-state index is 13.1. The van der Waals surface area contributed by atoms with Crippen molar-refractivity contribution in [2.24, 2.45) is 4.99 Å². The molecule has 26 heavy (non-hydrogen) atoms. The van der Waals surface area contributed by atoms with Crippen LogP contribution in [-0.4, -0.2) is 16.7 Å². The summed E-state index contributed by atoms with van der Waals surface area (Å²) < 4.78 is 0. The Bertz CT molecular complexity index is 996. The van der Waals surface area contributed by atoms with E-state index in [0.29, 0.717) is 16.6 Å². The molecule has 0 aliphatic carbocycles. The highest BCUT2D eigenvalue weighted by atomic mass is 35.5. The zero-order valence-electron chi connectivity index (χ0n) is 13.7. The average molecular weight is 360 g/mol. The Labute approximate surface area is 156 Å². The van der Waals surface area contributed by atoms with Gasteiger partial charge in [-0.25, -0.2) is 4.99 Å². The number of amidine groups is 1. The zero-order chi connectivity index (χ0) is 17.9. The van der Waals surface area contributed by atoms with Gasteiger partial charge in [-0.1, -0.05) is 41.9 Å². The van der Waals surface area contributed by atoms with Crippen LogP contribution in [0.5, 0.6) is 0 Å². The Morgan fingerprint density at radius 3 is 2.27 bits per heavy atom. The molecule has 1 aliphatic rings. The van der Waals surface area contributed by atoms with Crippen molar-refractivity contribution < 1.29 is 4.79 Å². The minimum Gasteiger partial charge on any atom is -0.266 e. The normalized spacial score (nSPS) is 15.4. The molecule has 4 nitrogen and oxygen atoms in total. The van der Waals surface area contributed by atoms with E-state index in [9.17, 15) is 4.79 Å². The first-order chi connectivity index (χ1) is 12.7. The first-order valence-electron chi connectivity index (χ1n) is 8.08. The molecule has 5 heteroatoms. The van der Waals surface area contributed by atoms with E-state index in [1.54, 1.807) is 35.5 Å². The van der Waals surface area contributed by atoms with Crippen molar-refractivity contribution in [3.05, 3.63) is 101 Å². The Kier molecular flexibility index (Phi) is 4.33. The van der Waals surface area contributed by atoms with Gasteiger partial charge in [0.1, 0.15) is 11.5 Å². The molecule has 0 atom stereocenters. The number of nitrogens with zero attached hydrogens (tertiary/aromatic N) is 3. The first-order valence-corrected chi connectivity index (χ1v) is 8.46. The Balaban J connectivity index is 1.82. The molecule has 0 fully saturated rings. The monoisotopic (exact) mass is 359 g/mol. The van der Waals surface area contributed by atoms with Crippen molar-refractivity contribution in [1.82, 2.24) is 4.98 Å². The quantitative estimate of drug-likeness (QED) is 0.643. The van der Waals surface area contributed by atoms with Crippen molar-refractivity contribution in [2.45, 2.75) is 0 Å². The number of halogens is 1. The molecule has 126 valence electrons. The van der Waals surface area contributed by atoms with Crippen molar-refractivity contribution in [3.8, 4) is 0 Å². The number of hydrogen-bond acceptors (Lipinski definition) is 3. The summed E-state index contributed by atoms with van der Waals surface area (Å²) in [4.78, 5) is 23.3. The molecule has 3 aromatic rings. The number of benzene rings is 2. The summed E-state index contributed by atoms with van der Waals surface area (Å²) >= 11 is 5.99. The summed E-state index contributed by atoms with van der Waals surface area (Å²) in [6.07, 6.45) is 5.14. The topological polar surface area (TPSA) is 45.6 Å². The predicted octanol–water partition coefficient (Wildman–Crippen LogP) is 4.57. The maximum Gasteiger partial charge on any atom is 0.282 e. The molecule has 0 N–H and O–H groups in total. The van der Waals surface area contributed by atoms with Crippen LogP contribution in [0, 0.1) is 0 Å². The molecule has 2 heterocycles. The van der Waals surface area contributed by atoms with E-state index in [4.69, 9.17) is 11.6 Å². The van der Waals surface area contributed by atoms with Gasteiger partial charge in [0.05, 0.1) is 5.69 Å². The summed E-state index contributed by atoms with van der Waals surface area (Å²) in [6.45, 7) is 0. The molecule has 0 bridgehead atoms. The molecule has 0 saturated heterocycles. The van der Waals surface area contributed by atoms with E-state index < -0.39 is 0 Å². The first kappa shape index (κ1) is 16.2. The van der Waals surface area contributed by atoms with Gasteiger partial charge in [-0.3, -0.25) is 14.7 Å². The number of hydrogen-bond donors (Lipinski definition) is 0. The average Bonchev–Trinajstić information content (AvgIpc) is 3.00. The van der Waals surface area contributed by atoms with Gasteiger partial charge in [0.15, 0.2) is 0 Å². The summed E-state index contributed by atoms with van der Waals surface area (Å²) in [5, 5.41) is 0.617. The molecule has 0 unspecified atom stereocenters. The van der Waals surface area contributed by atoms with Gasteiger partial charge >= 0.3 is 0 Å². The van der Waals surface area contributed by atoms with Crippen LogP contribution >= 0.6 is 11.6 Å². The Hall–Kier alpha value is -3.24. The SMILES string of the molecule is O=C1/C(=C\c2ccncc2)N=C(c2ccccc2)N1c1ccc(Cl)cc1. The highest BCUT2D eigenvalue weighted by Gasteiger charge is 2.32. The third-order valence-electron chi connectivity index (χ3n) is 3.99. The predicted molar refractivity (Wildman–Crippen MR) is 104 cm³/mol. The van der Waals surface area contributed by atoms with Crippen LogP contribution in [-0.2, 0) is 4.79 Å². The molecule has 0 spiro atoms. The highest BCUT2D eigenvalue weighted by molar-refractivity contribution is 6.33. The number of carbonyl (C=O) groups is 1. The summed E-state index contributed by atoms with van der Waals surface area (Å²) in [5.41, 5.74) is 2.84. The van der Waals surface area contributed by atoms with E-state index in [1.807, 2.05) is 54.6 Å². The zero-order valence-corrected chi connectivity index (χ0v) is 14.5. The van der Waals surface area contributed by atoms with Gasteiger partial charge in [0, 0.05) is 23.0 Å². The lowest BCUT2D eigenvalue weighted by Crippen LogP contribution is -2.32. The van der Waals surface area contributed by atoms with Crippen LogP contribution in [0.25, 0.3) is 6.08 Å². The fraction of sp³-hybridized carbons (Fsp3) is 0. The number of amides is 1. The molecular weight excluding hydrogens is 346 g/mol. The summed E-state index contributed by atoms with van der Waals surface area (Å²) in [6, 6.07) is 20.5. The van der Waals surface area contributed by atoms with Crippen LogP contribution in [0.4, 0.5) is 5.69 Å². The number of aromatic nitrogens is 1. The van der Waals surface area contributed by atoms with Crippen LogP contribution < -0.4 is 4.90 Å². The van der Waals surface area contributed by atoms with Gasteiger partial charge in [-0.2, -0.15) is 0 Å². The van der Waals surface area contributed by atoms with Crippen LogP contribution in [0.3, 0.4) is 0 Å². The lowest BCUT2D eigenvalue weighted by molar-refractivity contribution is -0.113. The molecular formula is C21H14ClN3O. The van der Waals surface area contributed by atoms with Gasteiger partial charge in [-0.05, 0) is 48.0 Å². The minimum atomic E-state index is -0.178. The second kappa shape index (κ2) is 6.94. The second-order valence-electron chi connectivity index (χ2n) is 5.73. The molecule has 1 amide bonds. The molecule has 1 aliphatic heterocycles. The molecule has 4 rings (SSSR count). The number of anilines is 1. The number of rotatable bonds is 3. The lowest BCUT2D eigenvalue weighted by atomic mass is 10.1. The van der Waals surface area contributed by atoms with Crippen LogP contribution in [0.2, 0.25) is 5.02 Å². The van der Waals surface area contributed by atoms with Crippen molar-refractivity contribution in [2.75, 3.05) is 4.90 Å². The van der Waals surface area contributed by atoms with Crippen LogP contribution in [0.15, 0.2) is 89.8 Å². The molecule has 1 aromatic heterocycles. The number of aliphatic imine (C=N–C) groups is 1. The minimum absolute atomic E-state index is 0.178. The summed E-state index contributed by atoms with van der Waals surface area (Å²) in [7, 11) is 0. The second-order valence-corrected chi connectivity index (χ2v) is 6.16. The number of carbonyl (C=O) groups excluding carboxylic acids is 1. The smallest absolute Gasteiger partial charge is 0.266 e. The third-order valence-corrected chi connectivity index (χ3v) is 4.24. The lowest BCUT2D eigenvalue weighted by Gasteiger charge is -2.18. The van der Waals surface area contributed by atoms with E-state index in [1.165, 1.54) is 0 Å².